The van der Waals surface area contributed by atoms with Gasteiger partial charge in [-0.05, 0) is 37.0 Å². The van der Waals surface area contributed by atoms with Gasteiger partial charge in [-0.15, -0.1) is 0 Å². The molecule has 1 aliphatic heterocycles. The van der Waals surface area contributed by atoms with E-state index in [9.17, 15) is 18.0 Å². The first-order valence-corrected chi connectivity index (χ1v) is 10.9. The Morgan fingerprint density at radius 1 is 1.21 bits per heavy atom. The largest absolute Gasteiger partial charge is 0.339 e. The third-order valence-electron chi connectivity index (χ3n) is 5.21. The van der Waals surface area contributed by atoms with Crippen LogP contribution in [0.3, 0.4) is 0 Å². The second-order valence-corrected chi connectivity index (χ2v) is 9.06. The lowest BCUT2D eigenvalue weighted by molar-refractivity contribution is 0.254. The van der Waals surface area contributed by atoms with Gasteiger partial charge in [-0.3, -0.25) is 9.78 Å². The van der Waals surface area contributed by atoms with Crippen LogP contribution in [0.15, 0.2) is 37.2 Å². The second kappa shape index (κ2) is 7.56. The average Bonchev–Trinajstić information content (AvgIpc) is 3.15. The third-order valence-corrected chi connectivity index (χ3v) is 7.11. The number of nitrogens with zero attached hydrogens (tertiary/aromatic N) is 3. The van der Waals surface area contributed by atoms with Crippen molar-refractivity contribution in [1.29, 1.82) is 0 Å². The molecule has 11 heteroatoms. The van der Waals surface area contributed by atoms with Gasteiger partial charge < -0.3 is 9.51 Å². The molecule has 0 unspecified atom stereocenters. The number of aryl methyl sites for hydroxylation is 1. The summed E-state index contributed by atoms with van der Waals surface area (Å²) in [6.07, 6.45) is 2.72. The first-order chi connectivity index (χ1) is 13.9. The predicted octanol–water partition coefficient (Wildman–Crippen LogP) is 0.805. The molecular weight excluding hydrogens is 398 g/mol. The van der Waals surface area contributed by atoms with Crippen LogP contribution in [0.25, 0.3) is 10.9 Å². The number of fused-ring (bicyclic) bond motifs is 1. The molecule has 154 valence electrons. The van der Waals surface area contributed by atoms with E-state index >= 15 is 0 Å². The van der Waals surface area contributed by atoms with Crippen molar-refractivity contribution in [2.75, 3.05) is 13.1 Å². The van der Waals surface area contributed by atoms with E-state index in [1.165, 1.54) is 22.5 Å². The summed E-state index contributed by atoms with van der Waals surface area (Å²) < 4.78 is 32.7. The van der Waals surface area contributed by atoms with Crippen molar-refractivity contribution in [3.05, 3.63) is 50.8 Å². The van der Waals surface area contributed by atoms with Crippen molar-refractivity contribution in [2.45, 2.75) is 37.5 Å². The highest BCUT2D eigenvalue weighted by molar-refractivity contribution is 7.89. The number of H-pyrrole nitrogens is 2. The SMILES string of the molecule is CCc1noc(CC2CCN(S(=O)(=O)c3ccc4[nH]c(=O)[nH]c(=O)c4c3)CC2)n1. The Bertz CT molecular complexity index is 1250. The number of hydrogen-bond acceptors (Lipinski definition) is 7. The van der Waals surface area contributed by atoms with E-state index in [1.54, 1.807) is 0 Å². The van der Waals surface area contributed by atoms with Crippen molar-refractivity contribution in [1.82, 2.24) is 24.4 Å². The Balaban J connectivity index is 1.49. The van der Waals surface area contributed by atoms with Gasteiger partial charge in [0, 0.05) is 25.9 Å². The molecular formula is C18H21N5O5S. The van der Waals surface area contributed by atoms with E-state index in [4.69, 9.17) is 4.52 Å². The molecule has 0 atom stereocenters. The first-order valence-electron chi connectivity index (χ1n) is 9.45. The molecule has 2 aromatic heterocycles. The maximum Gasteiger partial charge on any atom is 0.326 e. The number of aromatic nitrogens is 4. The number of hydrogen-bond donors (Lipinski definition) is 2. The van der Waals surface area contributed by atoms with Gasteiger partial charge in [0.15, 0.2) is 5.82 Å². The number of aromatic amines is 2. The van der Waals surface area contributed by atoms with E-state index in [2.05, 4.69) is 20.1 Å². The monoisotopic (exact) mass is 419 g/mol. The van der Waals surface area contributed by atoms with Crippen LogP contribution in [0.1, 0.15) is 31.5 Å². The Hall–Kier alpha value is -2.79. The summed E-state index contributed by atoms with van der Waals surface area (Å²) in [6, 6.07) is 4.15. The molecule has 1 saturated heterocycles. The van der Waals surface area contributed by atoms with Crippen molar-refractivity contribution < 1.29 is 12.9 Å². The Morgan fingerprint density at radius 2 is 1.97 bits per heavy atom. The van der Waals surface area contributed by atoms with Crippen LogP contribution >= 0.6 is 0 Å². The zero-order valence-electron chi connectivity index (χ0n) is 15.8. The van der Waals surface area contributed by atoms with E-state index in [-0.39, 0.29) is 16.2 Å². The third kappa shape index (κ3) is 3.87. The van der Waals surface area contributed by atoms with Gasteiger partial charge in [-0.1, -0.05) is 12.1 Å². The van der Waals surface area contributed by atoms with Crippen molar-refractivity contribution in [3.8, 4) is 0 Å². The quantitative estimate of drug-likeness (QED) is 0.623. The number of sulfonamides is 1. The molecule has 0 radical (unpaired) electrons. The first kappa shape index (κ1) is 19.5. The predicted molar refractivity (Wildman–Crippen MR) is 104 cm³/mol. The highest BCUT2D eigenvalue weighted by atomic mass is 32.2. The molecule has 1 fully saturated rings. The highest BCUT2D eigenvalue weighted by Crippen LogP contribution is 2.26. The van der Waals surface area contributed by atoms with E-state index < -0.39 is 21.3 Å². The Morgan fingerprint density at radius 3 is 2.66 bits per heavy atom. The number of rotatable bonds is 5. The average molecular weight is 419 g/mol. The summed E-state index contributed by atoms with van der Waals surface area (Å²) in [7, 11) is -3.74. The number of benzene rings is 1. The van der Waals surface area contributed by atoms with Crippen LogP contribution in [0.2, 0.25) is 0 Å². The number of nitrogens with one attached hydrogen (secondary N) is 2. The molecule has 1 aliphatic rings. The van der Waals surface area contributed by atoms with Gasteiger partial charge in [-0.25, -0.2) is 13.2 Å². The Labute approximate surface area is 166 Å². The van der Waals surface area contributed by atoms with Crippen LogP contribution in [0.4, 0.5) is 0 Å². The fourth-order valence-corrected chi connectivity index (χ4v) is 5.07. The zero-order chi connectivity index (χ0) is 20.6. The van der Waals surface area contributed by atoms with E-state index in [0.717, 1.165) is 0 Å². The van der Waals surface area contributed by atoms with Crippen molar-refractivity contribution >= 4 is 20.9 Å². The van der Waals surface area contributed by atoms with Crippen LogP contribution in [0, 0.1) is 5.92 Å². The summed E-state index contributed by atoms with van der Waals surface area (Å²) in [4.78, 5) is 32.3. The van der Waals surface area contributed by atoms with E-state index in [0.29, 0.717) is 56.0 Å². The molecule has 2 N–H and O–H groups in total. The molecule has 0 spiro atoms. The fraction of sp³-hybridized carbons (Fsp3) is 0.444. The van der Waals surface area contributed by atoms with Gasteiger partial charge >= 0.3 is 5.69 Å². The smallest absolute Gasteiger partial charge is 0.326 e. The standard InChI is InChI=1S/C18H21N5O5S/c1-2-15-20-16(28-22-15)9-11-5-7-23(8-6-11)29(26,27)12-3-4-14-13(10-12)17(24)21-18(25)19-14/h3-4,10-11H,2,5-9H2,1H3,(H2,19,21,24,25). The lowest BCUT2D eigenvalue weighted by atomic mass is 9.95. The molecule has 0 bridgehead atoms. The van der Waals surface area contributed by atoms with Gasteiger partial charge in [0.2, 0.25) is 15.9 Å². The van der Waals surface area contributed by atoms with Crippen LogP contribution in [-0.2, 0) is 22.9 Å². The minimum atomic E-state index is -3.74. The molecule has 0 aliphatic carbocycles. The molecule has 3 aromatic rings. The molecule has 4 rings (SSSR count). The van der Waals surface area contributed by atoms with Crippen molar-refractivity contribution in [3.63, 3.8) is 0 Å². The lowest BCUT2D eigenvalue weighted by Gasteiger charge is -2.30. The van der Waals surface area contributed by atoms with Crippen LogP contribution in [0.5, 0.6) is 0 Å². The van der Waals surface area contributed by atoms with E-state index in [1.807, 2.05) is 6.92 Å². The van der Waals surface area contributed by atoms with Gasteiger partial charge in [-0.2, -0.15) is 9.29 Å². The lowest BCUT2D eigenvalue weighted by Crippen LogP contribution is -2.39. The maximum absolute atomic E-state index is 13.0. The fourth-order valence-electron chi connectivity index (χ4n) is 3.57. The molecule has 10 nitrogen and oxygen atoms in total. The molecule has 0 amide bonds. The minimum absolute atomic E-state index is 0.0329. The maximum atomic E-state index is 13.0. The minimum Gasteiger partial charge on any atom is -0.339 e. The molecule has 1 aromatic carbocycles. The summed E-state index contributed by atoms with van der Waals surface area (Å²) in [5.41, 5.74) is -0.958. The Kier molecular flexibility index (Phi) is 5.09. The molecule has 0 saturated carbocycles. The van der Waals surface area contributed by atoms with Gasteiger partial charge in [0.25, 0.3) is 5.56 Å². The summed E-state index contributed by atoms with van der Waals surface area (Å²) >= 11 is 0. The number of piperidine rings is 1. The van der Waals surface area contributed by atoms with Gasteiger partial charge in [0.1, 0.15) is 0 Å². The highest BCUT2D eigenvalue weighted by Gasteiger charge is 2.30. The van der Waals surface area contributed by atoms with Crippen LogP contribution in [-0.4, -0.2) is 45.9 Å². The van der Waals surface area contributed by atoms with Crippen molar-refractivity contribution in [2.24, 2.45) is 5.92 Å². The summed E-state index contributed by atoms with van der Waals surface area (Å²) in [6.45, 7) is 2.71. The topological polar surface area (TPSA) is 142 Å². The molecule has 29 heavy (non-hydrogen) atoms. The van der Waals surface area contributed by atoms with Gasteiger partial charge in [0.05, 0.1) is 15.8 Å². The van der Waals surface area contributed by atoms with Crippen LogP contribution < -0.4 is 11.2 Å². The zero-order valence-corrected chi connectivity index (χ0v) is 16.7. The molecule has 3 heterocycles. The second-order valence-electron chi connectivity index (χ2n) is 7.13. The summed E-state index contributed by atoms with van der Waals surface area (Å²) in [5.74, 6) is 1.54. The summed E-state index contributed by atoms with van der Waals surface area (Å²) in [5, 5.41) is 4.02. The normalized spacial score (nSPS) is 16.4.